The van der Waals surface area contributed by atoms with E-state index in [-0.39, 0.29) is 12.3 Å². The van der Waals surface area contributed by atoms with Gasteiger partial charge in [-0.25, -0.2) is 4.98 Å². The number of aromatic nitrogens is 1. The van der Waals surface area contributed by atoms with Crippen molar-refractivity contribution in [2.75, 3.05) is 11.4 Å². The zero-order valence-corrected chi connectivity index (χ0v) is 15.2. The molecule has 0 saturated heterocycles. The van der Waals surface area contributed by atoms with Gasteiger partial charge in [0.25, 0.3) is 0 Å². The molecule has 0 aliphatic carbocycles. The molecular weight excluding hydrogens is 332 g/mol. The summed E-state index contributed by atoms with van der Waals surface area (Å²) in [5.74, 6) is 1.88. The molecule has 3 heterocycles. The number of amides is 1. The van der Waals surface area contributed by atoms with Crippen LogP contribution in [-0.2, 0) is 11.2 Å². The van der Waals surface area contributed by atoms with E-state index in [1.807, 2.05) is 47.5 Å². The van der Waals surface area contributed by atoms with Gasteiger partial charge >= 0.3 is 0 Å². The number of anilines is 1. The highest BCUT2D eigenvalue weighted by molar-refractivity contribution is 7.13. The third-order valence-corrected chi connectivity index (χ3v) is 5.65. The summed E-state index contributed by atoms with van der Waals surface area (Å²) in [5, 5.41) is 1.99. The summed E-state index contributed by atoms with van der Waals surface area (Å²) in [6.07, 6.45) is 1.25. The van der Waals surface area contributed by atoms with Crippen molar-refractivity contribution in [3.8, 4) is 10.8 Å². The molecular formula is C20H20N2O2S. The van der Waals surface area contributed by atoms with E-state index in [0.29, 0.717) is 11.8 Å². The lowest BCUT2D eigenvalue weighted by Gasteiger charge is -2.32. The maximum Gasteiger partial charge on any atom is 0.236 e. The standard InChI is InChI=1S/C20H20N2O2S/c1-13-9-10-22(17-7-4-3-6-15(13)17)19(23)12-16-14(2)24-20(21-16)18-8-5-11-25-18/h3-8,11,13H,9-10,12H2,1-2H3. The van der Waals surface area contributed by atoms with E-state index in [2.05, 4.69) is 18.0 Å². The highest BCUT2D eigenvalue weighted by Gasteiger charge is 2.27. The van der Waals surface area contributed by atoms with Gasteiger partial charge in [0.15, 0.2) is 0 Å². The molecule has 4 rings (SSSR count). The second-order valence-corrected chi connectivity index (χ2v) is 7.42. The molecule has 3 aromatic rings. The summed E-state index contributed by atoms with van der Waals surface area (Å²) in [7, 11) is 0. The Bertz CT molecular complexity index is 898. The molecule has 0 N–H and O–H groups in total. The highest BCUT2D eigenvalue weighted by atomic mass is 32.1. The number of hydrogen-bond acceptors (Lipinski definition) is 4. The Balaban J connectivity index is 1.58. The molecule has 1 atom stereocenters. The van der Waals surface area contributed by atoms with Crippen LogP contribution in [0.3, 0.4) is 0 Å². The van der Waals surface area contributed by atoms with E-state index >= 15 is 0 Å². The largest absolute Gasteiger partial charge is 0.440 e. The molecule has 1 amide bonds. The van der Waals surface area contributed by atoms with Crippen LogP contribution in [0.1, 0.15) is 36.3 Å². The molecule has 0 saturated carbocycles. The zero-order chi connectivity index (χ0) is 17.4. The van der Waals surface area contributed by atoms with Crippen molar-refractivity contribution in [3.63, 3.8) is 0 Å². The Morgan fingerprint density at radius 2 is 2.16 bits per heavy atom. The molecule has 128 valence electrons. The second kappa shape index (κ2) is 6.48. The molecule has 2 aromatic heterocycles. The van der Waals surface area contributed by atoms with Crippen molar-refractivity contribution in [3.05, 3.63) is 58.8 Å². The van der Waals surface area contributed by atoms with Crippen LogP contribution in [0.25, 0.3) is 10.8 Å². The fraction of sp³-hybridized carbons (Fsp3) is 0.300. The van der Waals surface area contributed by atoms with Crippen molar-refractivity contribution < 1.29 is 9.21 Å². The number of rotatable bonds is 3. The second-order valence-electron chi connectivity index (χ2n) is 6.47. The van der Waals surface area contributed by atoms with Gasteiger partial charge in [0, 0.05) is 12.2 Å². The fourth-order valence-corrected chi connectivity index (χ4v) is 3.99. The molecule has 5 heteroatoms. The molecule has 25 heavy (non-hydrogen) atoms. The van der Waals surface area contributed by atoms with Crippen LogP contribution in [-0.4, -0.2) is 17.4 Å². The first-order valence-corrected chi connectivity index (χ1v) is 9.41. The van der Waals surface area contributed by atoms with Gasteiger partial charge in [-0.05, 0) is 42.3 Å². The van der Waals surface area contributed by atoms with Crippen molar-refractivity contribution >= 4 is 22.9 Å². The number of nitrogens with zero attached hydrogens (tertiary/aromatic N) is 2. The Kier molecular flexibility index (Phi) is 4.17. The predicted octanol–water partition coefficient (Wildman–Crippen LogP) is 4.79. The van der Waals surface area contributed by atoms with Gasteiger partial charge < -0.3 is 9.32 Å². The number of oxazole rings is 1. The average Bonchev–Trinajstić information content (AvgIpc) is 3.26. The van der Waals surface area contributed by atoms with Gasteiger partial charge in [-0.2, -0.15) is 0 Å². The number of para-hydroxylation sites is 1. The number of fused-ring (bicyclic) bond motifs is 1. The molecule has 1 aromatic carbocycles. The minimum absolute atomic E-state index is 0.0773. The molecule has 0 fully saturated rings. The van der Waals surface area contributed by atoms with E-state index in [1.165, 1.54) is 5.56 Å². The zero-order valence-electron chi connectivity index (χ0n) is 14.4. The number of benzene rings is 1. The van der Waals surface area contributed by atoms with Crippen LogP contribution in [0, 0.1) is 6.92 Å². The normalized spacial score (nSPS) is 16.7. The van der Waals surface area contributed by atoms with E-state index in [1.54, 1.807) is 11.3 Å². The molecule has 1 aliphatic heterocycles. The number of carbonyl (C=O) groups excluding carboxylic acids is 1. The molecule has 1 unspecified atom stereocenters. The number of thiophene rings is 1. The smallest absolute Gasteiger partial charge is 0.236 e. The van der Waals surface area contributed by atoms with Gasteiger partial charge in [-0.15, -0.1) is 11.3 Å². The maximum absolute atomic E-state index is 12.9. The number of aryl methyl sites for hydroxylation is 1. The lowest BCUT2D eigenvalue weighted by Crippen LogP contribution is -2.37. The third-order valence-electron chi connectivity index (χ3n) is 4.79. The van der Waals surface area contributed by atoms with Crippen LogP contribution < -0.4 is 4.90 Å². The Hall–Kier alpha value is -2.40. The minimum atomic E-state index is 0.0773. The highest BCUT2D eigenvalue weighted by Crippen LogP contribution is 2.35. The van der Waals surface area contributed by atoms with Crippen molar-refractivity contribution in [2.45, 2.75) is 32.6 Å². The summed E-state index contributed by atoms with van der Waals surface area (Å²) in [4.78, 5) is 20.4. The summed E-state index contributed by atoms with van der Waals surface area (Å²) < 4.78 is 5.76. The topological polar surface area (TPSA) is 46.3 Å². The van der Waals surface area contributed by atoms with Gasteiger partial charge in [-0.3, -0.25) is 4.79 Å². The Morgan fingerprint density at radius 1 is 1.32 bits per heavy atom. The van der Waals surface area contributed by atoms with Crippen LogP contribution in [0.15, 0.2) is 46.2 Å². The minimum Gasteiger partial charge on any atom is -0.440 e. The first-order valence-electron chi connectivity index (χ1n) is 8.53. The van der Waals surface area contributed by atoms with Crippen LogP contribution in [0.4, 0.5) is 5.69 Å². The summed E-state index contributed by atoms with van der Waals surface area (Å²) >= 11 is 1.58. The maximum atomic E-state index is 12.9. The lowest BCUT2D eigenvalue weighted by molar-refractivity contribution is -0.118. The summed E-state index contributed by atoms with van der Waals surface area (Å²) in [5.41, 5.74) is 3.01. The number of hydrogen-bond donors (Lipinski definition) is 0. The summed E-state index contributed by atoms with van der Waals surface area (Å²) in [6.45, 7) is 4.85. The first-order chi connectivity index (χ1) is 12.1. The van der Waals surface area contributed by atoms with Gasteiger partial charge in [0.05, 0.1) is 17.0 Å². The average molecular weight is 352 g/mol. The molecule has 4 nitrogen and oxygen atoms in total. The van der Waals surface area contributed by atoms with Crippen molar-refractivity contribution in [2.24, 2.45) is 0 Å². The van der Waals surface area contributed by atoms with E-state index in [0.717, 1.165) is 35.0 Å². The van der Waals surface area contributed by atoms with E-state index in [4.69, 9.17) is 4.42 Å². The quantitative estimate of drug-likeness (QED) is 0.680. The van der Waals surface area contributed by atoms with Crippen molar-refractivity contribution in [1.29, 1.82) is 0 Å². The van der Waals surface area contributed by atoms with E-state index in [9.17, 15) is 4.79 Å². The molecule has 1 aliphatic rings. The Labute approximate surface area is 151 Å². The van der Waals surface area contributed by atoms with Crippen LogP contribution >= 0.6 is 11.3 Å². The predicted molar refractivity (Wildman–Crippen MR) is 100 cm³/mol. The molecule has 0 radical (unpaired) electrons. The van der Waals surface area contributed by atoms with Gasteiger partial charge in [0.1, 0.15) is 5.76 Å². The fourth-order valence-electron chi connectivity index (χ4n) is 3.34. The van der Waals surface area contributed by atoms with E-state index < -0.39 is 0 Å². The monoisotopic (exact) mass is 352 g/mol. The van der Waals surface area contributed by atoms with Gasteiger partial charge in [-0.1, -0.05) is 31.2 Å². The van der Waals surface area contributed by atoms with Gasteiger partial charge in [0.2, 0.25) is 11.8 Å². The molecule has 0 bridgehead atoms. The van der Waals surface area contributed by atoms with Crippen molar-refractivity contribution in [1.82, 2.24) is 4.98 Å². The number of carbonyl (C=O) groups is 1. The first kappa shape index (κ1) is 16.1. The molecule has 0 spiro atoms. The van der Waals surface area contributed by atoms with Crippen LogP contribution in [0.2, 0.25) is 0 Å². The SMILES string of the molecule is Cc1oc(-c2cccs2)nc1CC(=O)N1CCC(C)c2ccccc21. The summed E-state index contributed by atoms with van der Waals surface area (Å²) in [6, 6.07) is 12.1. The van der Waals surface area contributed by atoms with Crippen LogP contribution in [0.5, 0.6) is 0 Å². The third kappa shape index (κ3) is 3.00. The Morgan fingerprint density at radius 3 is 2.96 bits per heavy atom. The lowest BCUT2D eigenvalue weighted by atomic mass is 9.91.